The van der Waals surface area contributed by atoms with Gasteiger partial charge >= 0.3 is 5.97 Å². The van der Waals surface area contributed by atoms with Crippen LogP contribution in [0.25, 0.3) is 10.8 Å². The molecule has 3 aromatic rings. The first-order valence-electron chi connectivity index (χ1n) is 9.10. The van der Waals surface area contributed by atoms with Crippen molar-refractivity contribution >= 4 is 28.3 Å². The summed E-state index contributed by atoms with van der Waals surface area (Å²) in [5, 5.41) is 4.77. The molecule has 1 amide bonds. The quantitative estimate of drug-likeness (QED) is 0.488. The molecule has 0 bridgehead atoms. The number of hydrogen-bond donors (Lipinski definition) is 1. The molecule has 0 radical (unpaired) electrons. The Morgan fingerprint density at radius 2 is 1.67 bits per heavy atom. The van der Waals surface area contributed by atoms with Crippen LogP contribution in [0.15, 0.2) is 54.6 Å². The summed E-state index contributed by atoms with van der Waals surface area (Å²) >= 11 is 0. The van der Waals surface area contributed by atoms with Crippen molar-refractivity contribution in [3.63, 3.8) is 0 Å². The van der Waals surface area contributed by atoms with Gasteiger partial charge in [-0.2, -0.15) is 0 Å². The van der Waals surface area contributed by atoms with Crippen LogP contribution in [-0.2, 0) is 4.79 Å². The van der Waals surface area contributed by atoms with E-state index in [0.717, 1.165) is 27.6 Å². The Morgan fingerprint density at radius 3 is 2.33 bits per heavy atom. The molecule has 0 saturated heterocycles. The van der Waals surface area contributed by atoms with E-state index in [1.54, 1.807) is 12.1 Å². The van der Waals surface area contributed by atoms with Crippen LogP contribution >= 0.6 is 0 Å². The van der Waals surface area contributed by atoms with Gasteiger partial charge < -0.3 is 10.1 Å². The molecule has 0 spiro atoms. The van der Waals surface area contributed by atoms with Gasteiger partial charge in [-0.25, -0.2) is 0 Å². The maximum atomic E-state index is 13.0. The molecule has 0 atom stereocenters. The second-order valence-corrected chi connectivity index (χ2v) is 6.69. The first-order valence-corrected chi connectivity index (χ1v) is 9.10. The van der Waals surface area contributed by atoms with Crippen LogP contribution in [0.3, 0.4) is 0 Å². The summed E-state index contributed by atoms with van der Waals surface area (Å²) in [7, 11) is 0. The number of carbonyl (C=O) groups is 2. The number of rotatable bonds is 5. The fraction of sp³-hybridized carbons (Fsp3) is 0.217. The van der Waals surface area contributed by atoms with Gasteiger partial charge in [0.1, 0.15) is 5.75 Å². The van der Waals surface area contributed by atoms with Crippen LogP contribution in [0.4, 0.5) is 5.69 Å². The Kier molecular flexibility index (Phi) is 5.55. The first-order chi connectivity index (χ1) is 13.0. The van der Waals surface area contributed by atoms with E-state index >= 15 is 0 Å². The van der Waals surface area contributed by atoms with Crippen molar-refractivity contribution in [2.24, 2.45) is 0 Å². The Hall–Kier alpha value is -3.14. The highest BCUT2D eigenvalue weighted by Gasteiger charge is 2.17. The van der Waals surface area contributed by atoms with E-state index in [9.17, 15) is 9.59 Å². The zero-order valence-corrected chi connectivity index (χ0v) is 15.8. The highest BCUT2D eigenvalue weighted by atomic mass is 16.5. The number of aryl methyl sites for hydroxylation is 2. The van der Waals surface area contributed by atoms with Gasteiger partial charge in [0, 0.05) is 12.1 Å². The minimum Gasteiger partial charge on any atom is -0.426 e. The van der Waals surface area contributed by atoms with Crippen LogP contribution in [0, 0.1) is 13.8 Å². The molecular formula is C23H23NO3. The molecule has 3 rings (SSSR count). The van der Waals surface area contributed by atoms with Gasteiger partial charge in [-0.15, -0.1) is 0 Å². The van der Waals surface area contributed by atoms with Crippen LogP contribution in [0.2, 0.25) is 0 Å². The van der Waals surface area contributed by atoms with Crippen molar-refractivity contribution in [1.82, 2.24) is 0 Å². The van der Waals surface area contributed by atoms with E-state index in [1.165, 1.54) is 0 Å². The van der Waals surface area contributed by atoms with E-state index < -0.39 is 0 Å². The summed E-state index contributed by atoms with van der Waals surface area (Å²) in [4.78, 5) is 25.0. The summed E-state index contributed by atoms with van der Waals surface area (Å²) in [6, 6.07) is 17.0. The first kappa shape index (κ1) is 18.6. The molecule has 1 N–H and O–H groups in total. The van der Waals surface area contributed by atoms with Gasteiger partial charge in [-0.1, -0.05) is 48.9 Å². The largest absolute Gasteiger partial charge is 0.426 e. The summed E-state index contributed by atoms with van der Waals surface area (Å²) in [5.74, 6) is -0.352. The fourth-order valence-corrected chi connectivity index (χ4v) is 3.00. The number of benzene rings is 3. The predicted octanol–water partition coefficient (Wildman–Crippen LogP) is 5.41. The van der Waals surface area contributed by atoms with Crippen molar-refractivity contribution in [3.05, 3.63) is 71.3 Å². The lowest BCUT2D eigenvalue weighted by Gasteiger charge is -2.13. The van der Waals surface area contributed by atoms with Gasteiger partial charge in [0.15, 0.2) is 0 Å². The molecule has 27 heavy (non-hydrogen) atoms. The topological polar surface area (TPSA) is 55.4 Å². The van der Waals surface area contributed by atoms with Crippen LogP contribution < -0.4 is 10.1 Å². The number of nitrogens with one attached hydrogen (secondary N) is 1. The highest BCUT2D eigenvalue weighted by Crippen LogP contribution is 2.28. The molecule has 0 aliphatic heterocycles. The summed E-state index contributed by atoms with van der Waals surface area (Å²) < 4.78 is 5.50. The normalized spacial score (nSPS) is 10.6. The van der Waals surface area contributed by atoms with Gasteiger partial charge in [-0.3, -0.25) is 9.59 Å². The Bertz CT molecular complexity index is 1010. The van der Waals surface area contributed by atoms with Crippen molar-refractivity contribution in [2.75, 3.05) is 5.32 Å². The maximum absolute atomic E-state index is 13.0. The lowest BCUT2D eigenvalue weighted by Crippen LogP contribution is -2.16. The third kappa shape index (κ3) is 4.34. The summed E-state index contributed by atoms with van der Waals surface area (Å²) in [6.07, 6.45) is 1.00. The lowest BCUT2D eigenvalue weighted by atomic mass is 10.0. The van der Waals surface area contributed by atoms with Gasteiger partial charge in [-0.05, 0) is 54.8 Å². The third-order valence-electron chi connectivity index (χ3n) is 4.40. The molecule has 3 aromatic carbocycles. The zero-order chi connectivity index (χ0) is 19.4. The van der Waals surface area contributed by atoms with Crippen LogP contribution in [0.1, 0.15) is 41.3 Å². The van der Waals surface area contributed by atoms with Crippen molar-refractivity contribution < 1.29 is 14.3 Å². The third-order valence-corrected chi connectivity index (χ3v) is 4.40. The number of carbonyl (C=O) groups excluding carboxylic acids is 2. The fourth-order valence-electron chi connectivity index (χ4n) is 3.00. The number of fused-ring (bicyclic) bond motifs is 1. The van der Waals surface area contributed by atoms with Gasteiger partial charge in [0.25, 0.3) is 5.91 Å². The van der Waals surface area contributed by atoms with Crippen molar-refractivity contribution in [3.8, 4) is 5.75 Å². The molecule has 0 heterocycles. The molecule has 138 valence electrons. The average molecular weight is 361 g/mol. The van der Waals surface area contributed by atoms with Crippen LogP contribution in [-0.4, -0.2) is 11.9 Å². The SMILES string of the molecule is CCCC(=O)Oc1cc2ccccc2cc1C(=O)Nc1ccc(C)cc1C. The Labute approximate surface area is 159 Å². The smallest absolute Gasteiger partial charge is 0.311 e. The van der Waals surface area contributed by atoms with Gasteiger partial charge in [0.2, 0.25) is 0 Å². The summed E-state index contributed by atoms with van der Waals surface area (Å²) in [5.41, 5.74) is 3.20. The number of hydrogen-bond acceptors (Lipinski definition) is 3. The van der Waals surface area contributed by atoms with E-state index in [1.807, 2.05) is 63.2 Å². The molecular weight excluding hydrogens is 338 g/mol. The molecule has 0 unspecified atom stereocenters. The van der Waals surface area contributed by atoms with E-state index in [4.69, 9.17) is 4.74 Å². The Balaban J connectivity index is 1.99. The second kappa shape index (κ2) is 8.04. The Morgan fingerprint density at radius 1 is 0.963 bits per heavy atom. The molecule has 4 heteroatoms. The standard InChI is InChI=1S/C23H23NO3/c1-4-7-22(25)27-21-14-18-9-6-5-8-17(18)13-19(21)23(26)24-20-11-10-15(2)12-16(20)3/h5-6,8-14H,4,7H2,1-3H3,(H,24,26). The minimum atomic E-state index is -0.339. The van der Waals surface area contributed by atoms with E-state index in [2.05, 4.69) is 5.32 Å². The van der Waals surface area contributed by atoms with Crippen LogP contribution in [0.5, 0.6) is 5.75 Å². The van der Waals surface area contributed by atoms with E-state index in [-0.39, 0.29) is 17.6 Å². The highest BCUT2D eigenvalue weighted by molar-refractivity contribution is 6.09. The van der Waals surface area contributed by atoms with E-state index in [0.29, 0.717) is 18.4 Å². The lowest BCUT2D eigenvalue weighted by molar-refractivity contribution is -0.134. The molecule has 0 fully saturated rings. The van der Waals surface area contributed by atoms with Gasteiger partial charge in [0.05, 0.1) is 5.56 Å². The molecule has 0 aliphatic carbocycles. The minimum absolute atomic E-state index is 0.286. The number of ether oxygens (including phenoxy) is 1. The molecule has 0 aliphatic rings. The predicted molar refractivity (Wildman–Crippen MR) is 108 cm³/mol. The molecule has 4 nitrogen and oxygen atoms in total. The molecule has 0 aromatic heterocycles. The number of esters is 1. The average Bonchev–Trinajstić information content (AvgIpc) is 2.63. The number of anilines is 1. The maximum Gasteiger partial charge on any atom is 0.311 e. The zero-order valence-electron chi connectivity index (χ0n) is 15.8. The molecule has 0 saturated carbocycles. The summed E-state index contributed by atoms with van der Waals surface area (Å²) in [6.45, 7) is 5.87. The van der Waals surface area contributed by atoms with Crippen molar-refractivity contribution in [1.29, 1.82) is 0 Å². The monoisotopic (exact) mass is 361 g/mol. The van der Waals surface area contributed by atoms with Crippen molar-refractivity contribution in [2.45, 2.75) is 33.6 Å². The number of amides is 1. The second-order valence-electron chi connectivity index (χ2n) is 6.69.